The lowest BCUT2D eigenvalue weighted by atomic mass is 10.1. The van der Waals surface area contributed by atoms with Gasteiger partial charge in [-0.2, -0.15) is 0 Å². The SMILES string of the molecule is Cc1ccc(-c2csc(NC(=O)CN3CCC(N(C)S(C)(=O)=O)CC3)n2)cc1C. The second kappa shape index (κ2) is 8.91. The normalized spacial score (nSPS) is 16.3. The van der Waals surface area contributed by atoms with Gasteiger partial charge in [-0.25, -0.2) is 17.7 Å². The highest BCUT2D eigenvalue weighted by Crippen LogP contribution is 2.26. The van der Waals surface area contributed by atoms with Crippen molar-refractivity contribution in [3.63, 3.8) is 0 Å². The Morgan fingerprint density at radius 1 is 1.28 bits per heavy atom. The minimum Gasteiger partial charge on any atom is -0.301 e. The van der Waals surface area contributed by atoms with Gasteiger partial charge in [0.2, 0.25) is 15.9 Å². The van der Waals surface area contributed by atoms with Crippen molar-refractivity contribution < 1.29 is 13.2 Å². The van der Waals surface area contributed by atoms with Crippen LogP contribution in [0.1, 0.15) is 24.0 Å². The van der Waals surface area contributed by atoms with Gasteiger partial charge in [-0.3, -0.25) is 9.69 Å². The Balaban J connectivity index is 1.52. The zero-order valence-corrected chi connectivity index (χ0v) is 18.9. The van der Waals surface area contributed by atoms with Gasteiger partial charge >= 0.3 is 0 Å². The maximum absolute atomic E-state index is 12.4. The average molecular weight is 437 g/mol. The van der Waals surface area contributed by atoms with E-state index in [1.807, 2.05) is 11.4 Å². The molecule has 2 aromatic rings. The summed E-state index contributed by atoms with van der Waals surface area (Å²) in [7, 11) is -1.56. The van der Waals surface area contributed by atoms with Crippen LogP contribution in [-0.2, 0) is 14.8 Å². The molecule has 1 aromatic carbocycles. The zero-order valence-electron chi connectivity index (χ0n) is 17.3. The first kappa shape index (κ1) is 21.9. The molecule has 1 fully saturated rings. The summed E-state index contributed by atoms with van der Waals surface area (Å²) in [6.07, 6.45) is 2.68. The summed E-state index contributed by atoms with van der Waals surface area (Å²) in [5, 5.41) is 5.43. The van der Waals surface area contributed by atoms with Gasteiger partial charge in [0.05, 0.1) is 18.5 Å². The molecule has 1 N–H and O–H groups in total. The number of rotatable bonds is 6. The van der Waals surface area contributed by atoms with Crippen molar-refractivity contribution >= 4 is 32.4 Å². The number of carbonyl (C=O) groups is 1. The fraction of sp³-hybridized carbons (Fsp3) is 0.500. The molecule has 0 unspecified atom stereocenters. The summed E-state index contributed by atoms with van der Waals surface area (Å²) >= 11 is 1.42. The van der Waals surface area contributed by atoms with Crippen LogP contribution in [-0.4, -0.2) is 67.5 Å². The van der Waals surface area contributed by atoms with Gasteiger partial charge in [0.25, 0.3) is 0 Å². The van der Waals surface area contributed by atoms with Crippen molar-refractivity contribution in [2.75, 3.05) is 38.3 Å². The van der Waals surface area contributed by atoms with Gasteiger partial charge in [-0.15, -0.1) is 11.3 Å². The van der Waals surface area contributed by atoms with Crippen LogP contribution in [0.3, 0.4) is 0 Å². The monoisotopic (exact) mass is 436 g/mol. The lowest BCUT2D eigenvalue weighted by Crippen LogP contribution is -2.47. The third kappa shape index (κ3) is 5.63. The molecule has 1 aromatic heterocycles. The first-order valence-corrected chi connectivity index (χ1v) is 12.3. The molecule has 7 nitrogen and oxygen atoms in total. The van der Waals surface area contributed by atoms with Crippen LogP contribution in [0, 0.1) is 13.8 Å². The van der Waals surface area contributed by atoms with E-state index in [1.165, 1.54) is 33.0 Å². The molecule has 0 bridgehead atoms. The number of likely N-dealkylation sites (tertiary alicyclic amines) is 1. The second-order valence-electron chi connectivity index (χ2n) is 7.67. The Kier molecular flexibility index (Phi) is 6.72. The third-order valence-corrected chi connectivity index (χ3v) is 7.62. The minimum atomic E-state index is -3.18. The summed E-state index contributed by atoms with van der Waals surface area (Å²) in [4.78, 5) is 19.0. The molecule has 0 aliphatic carbocycles. The predicted molar refractivity (Wildman–Crippen MR) is 118 cm³/mol. The zero-order chi connectivity index (χ0) is 21.2. The highest BCUT2D eigenvalue weighted by Gasteiger charge is 2.27. The van der Waals surface area contributed by atoms with Crippen molar-refractivity contribution in [2.24, 2.45) is 0 Å². The fourth-order valence-corrected chi connectivity index (χ4v) is 4.93. The van der Waals surface area contributed by atoms with Crippen LogP contribution in [0.5, 0.6) is 0 Å². The standard InChI is InChI=1S/C20H28N4O3S2/c1-14-5-6-16(11-15(14)2)18-13-28-20(21-18)22-19(25)12-24-9-7-17(8-10-24)23(3)29(4,26)27/h5-6,11,13,17H,7-10,12H2,1-4H3,(H,21,22,25). The topological polar surface area (TPSA) is 82.6 Å². The van der Waals surface area contributed by atoms with Gasteiger partial charge in [0, 0.05) is 37.1 Å². The quantitative estimate of drug-likeness (QED) is 0.753. The van der Waals surface area contributed by atoms with E-state index >= 15 is 0 Å². The summed E-state index contributed by atoms with van der Waals surface area (Å²) in [6, 6.07) is 6.23. The highest BCUT2D eigenvalue weighted by molar-refractivity contribution is 7.88. The molecule has 0 spiro atoms. The van der Waals surface area contributed by atoms with Gasteiger partial charge in [0.1, 0.15) is 0 Å². The van der Waals surface area contributed by atoms with Gasteiger partial charge in [-0.05, 0) is 43.9 Å². The highest BCUT2D eigenvalue weighted by atomic mass is 32.2. The number of hydrogen-bond donors (Lipinski definition) is 1. The number of nitrogens with one attached hydrogen (secondary N) is 1. The largest absolute Gasteiger partial charge is 0.301 e. The first-order chi connectivity index (χ1) is 13.6. The molecular formula is C20H28N4O3S2. The molecule has 0 atom stereocenters. The lowest BCUT2D eigenvalue weighted by Gasteiger charge is -2.35. The predicted octanol–water partition coefficient (Wildman–Crippen LogP) is 2.72. The number of aromatic nitrogens is 1. The molecule has 29 heavy (non-hydrogen) atoms. The number of amides is 1. The molecule has 158 valence electrons. The molecular weight excluding hydrogens is 408 g/mol. The number of anilines is 1. The molecule has 0 radical (unpaired) electrons. The number of nitrogens with zero attached hydrogens (tertiary/aromatic N) is 3. The van der Waals surface area contributed by atoms with Crippen LogP contribution < -0.4 is 5.32 Å². The number of benzene rings is 1. The van der Waals surface area contributed by atoms with Gasteiger partial charge < -0.3 is 5.32 Å². The van der Waals surface area contributed by atoms with Gasteiger partial charge in [0.15, 0.2) is 5.13 Å². The summed E-state index contributed by atoms with van der Waals surface area (Å²) in [5.41, 5.74) is 4.36. The number of carbonyl (C=O) groups excluding carboxylic acids is 1. The van der Waals surface area contributed by atoms with Gasteiger partial charge in [-0.1, -0.05) is 12.1 Å². The summed E-state index contributed by atoms with van der Waals surface area (Å²) < 4.78 is 24.8. The average Bonchev–Trinajstić information content (AvgIpc) is 3.11. The number of piperidine rings is 1. The third-order valence-electron chi connectivity index (χ3n) is 5.51. The van der Waals surface area contributed by atoms with E-state index in [0.717, 1.165) is 24.1 Å². The summed E-state index contributed by atoms with van der Waals surface area (Å²) in [6.45, 7) is 5.83. The molecule has 1 aliphatic heterocycles. The molecule has 9 heteroatoms. The number of aryl methyl sites for hydroxylation is 2. The second-order valence-corrected chi connectivity index (χ2v) is 10.6. The van der Waals surface area contributed by atoms with Crippen molar-refractivity contribution in [3.05, 3.63) is 34.7 Å². The Labute approximate surface area is 176 Å². The van der Waals surface area contributed by atoms with Crippen LogP contribution in [0.25, 0.3) is 11.3 Å². The van der Waals surface area contributed by atoms with Crippen molar-refractivity contribution in [2.45, 2.75) is 32.7 Å². The van der Waals surface area contributed by atoms with E-state index in [0.29, 0.717) is 18.2 Å². The Morgan fingerprint density at radius 2 is 1.97 bits per heavy atom. The van der Waals surface area contributed by atoms with Crippen LogP contribution in [0.15, 0.2) is 23.6 Å². The Hall–Kier alpha value is -1.81. The van der Waals surface area contributed by atoms with E-state index in [-0.39, 0.29) is 18.5 Å². The molecule has 2 heterocycles. The Bertz CT molecular complexity index is 979. The smallest absolute Gasteiger partial charge is 0.240 e. The van der Waals surface area contributed by atoms with E-state index in [2.05, 4.69) is 41.2 Å². The molecule has 0 saturated carbocycles. The van der Waals surface area contributed by atoms with Crippen LogP contribution in [0.2, 0.25) is 0 Å². The first-order valence-electron chi connectivity index (χ1n) is 9.62. The maximum Gasteiger partial charge on any atom is 0.240 e. The maximum atomic E-state index is 12.4. The lowest BCUT2D eigenvalue weighted by molar-refractivity contribution is -0.117. The van der Waals surface area contributed by atoms with E-state index in [4.69, 9.17) is 0 Å². The van der Waals surface area contributed by atoms with E-state index < -0.39 is 10.0 Å². The van der Waals surface area contributed by atoms with Crippen molar-refractivity contribution in [3.8, 4) is 11.3 Å². The number of hydrogen-bond acceptors (Lipinski definition) is 6. The van der Waals surface area contributed by atoms with Crippen molar-refractivity contribution in [1.29, 1.82) is 0 Å². The molecule has 1 amide bonds. The summed E-state index contributed by atoms with van der Waals surface area (Å²) in [5.74, 6) is -0.0964. The molecule has 1 aliphatic rings. The van der Waals surface area contributed by atoms with Crippen molar-refractivity contribution in [1.82, 2.24) is 14.2 Å². The molecule has 3 rings (SSSR count). The van der Waals surface area contributed by atoms with Crippen LogP contribution in [0.4, 0.5) is 5.13 Å². The van der Waals surface area contributed by atoms with E-state index in [1.54, 1.807) is 7.05 Å². The number of thiazole rings is 1. The minimum absolute atomic E-state index is 0.00352. The molecule has 1 saturated heterocycles. The number of sulfonamides is 1. The Morgan fingerprint density at radius 3 is 2.59 bits per heavy atom. The van der Waals surface area contributed by atoms with Crippen LogP contribution >= 0.6 is 11.3 Å². The fourth-order valence-electron chi connectivity index (χ4n) is 3.44. The van der Waals surface area contributed by atoms with E-state index in [9.17, 15) is 13.2 Å².